The normalized spacial score (nSPS) is 17.5. The Morgan fingerprint density at radius 3 is 2.62 bits per heavy atom. The molecule has 0 unspecified atom stereocenters. The lowest BCUT2D eigenvalue weighted by molar-refractivity contribution is 0.0708. The molecule has 0 aliphatic carbocycles. The molecule has 1 aliphatic heterocycles. The molecule has 0 aromatic carbocycles. The van der Waals surface area contributed by atoms with Crippen LogP contribution in [0.15, 0.2) is 17.0 Å². The largest absolute Gasteiger partial charge is 0.337 e. The van der Waals surface area contributed by atoms with Gasteiger partial charge in [-0.3, -0.25) is 4.79 Å². The highest BCUT2D eigenvalue weighted by molar-refractivity contribution is 9.10. The van der Waals surface area contributed by atoms with E-state index in [-0.39, 0.29) is 11.9 Å². The molecule has 1 fully saturated rings. The van der Waals surface area contributed by atoms with Crippen LogP contribution in [-0.2, 0) is 0 Å². The maximum absolute atomic E-state index is 12.0. The molecule has 6 heteroatoms. The second-order valence-corrected chi connectivity index (χ2v) is 4.67. The number of nitrogens with two attached hydrogens (primary N) is 1. The van der Waals surface area contributed by atoms with Crippen molar-refractivity contribution in [3.63, 3.8) is 0 Å². The quantitative estimate of drug-likeness (QED) is 0.828. The fraction of sp³-hybridized carbons (Fsp3) is 0.500. The summed E-state index contributed by atoms with van der Waals surface area (Å²) in [6, 6.07) is 0.222. The van der Waals surface area contributed by atoms with Crippen molar-refractivity contribution in [1.82, 2.24) is 14.9 Å². The number of nitrogens with zero attached hydrogens (tertiary/aromatic N) is 3. The first-order valence-electron chi connectivity index (χ1n) is 5.19. The molecular formula is C10H13BrN4O. The summed E-state index contributed by atoms with van der Waals surface area (Å²) in [5.74, 6) is -0.0631. The number of carbonyl (C=O) groups excluding carboxylic acids is 1. The van der Waals surface area contributed by atoms with Crippen LogP contribution in [0.25, 0.3) is 0 Å². The van der Waals surface area contributed by atoms with Crippen LogP contribution in [0.2, 0.25) is 0 Å². The average molecular weight is 285 g/mol. The first-order chi connectivity index (χ1) is 7.66. The Balaban J connectivity index is 2.05. The summed E-state index contributed by atoms with van der Waals surface area (Å²) in [7, 11) is 0. The second-order valence-electron chi connectivity index (χ2n) is 3.85. The number of rotatable bonds is 1. The van der Waals surface area contributed by atoms with Gasteiger partial charge in [-0.1, -0.05) is 0 Å². The maximum Gasteiger partial charge on any atom is 0.274 e. The van der Waals surface area contributed by atoms with Crippen molar-refractivity contribution in [2.75, 3.05) is 13.1 Å². The van der Waals surface area contributed by atoms with Crippen LogP contribution in [0.4, 0.5) is 0 Å². The number of halogens is 1. The highest BCUT2D eigenvalue weighted by Gasteiger charge is 2.22. The third-order valence-electron chi connectivity index (χ3n) is 2.67. The van der Waals surface area contributed by atoms with Crippen molar-refractivity contribution in [1.29, 1.82) is 0 Å². The predicted molar refractivity (Wildman–Crippen MR) is 62.8 cm³/mol. The van der Waals surface area contributed by atoms with Crippen molar-refractivity contribution >= 4 is 21.8 Å². The summed E-state index contributed by atoms with van der Waals surface area (Å²) in [5.41, 5.74) is 6.17. The van der Waals surface area contributed by atoms with Crippen LogP contribution >= 0.6 is 15.9 Å². The van der Waals surface area contributed by atoms with Gasteiger partial charge >= 0.3 is 0 Å². The SMILES string of the molecule is NC1CCN(C(=O)c2cnc(Br)cn2)CC1. The van der Waals surface area contributed by atoms with E-state index in [1.807, 2.05) is 0 Å². The maximum atomic E-state index is 12.0. The fourth-order valence-corrected chi connectivity index (χ4v) is 1.89. The molecular weight excluding hydrogens is 272 g/mol. The van der Waals surface area contributed by atoms with Crippen molar-refractivity contribution in [2.45, 2.75) is 18.9 Å². The zero-order valence-electron chi connectivity index (χ0n) is 8.77. The number of piperidine rings is 1. The molecule has 2 heterocycles. The summed E-state index contributed by atoms with van der Waals surface area (Å²) in [4.78, 5) is 21.8. The Hall–Kier alpha value is -1.01. The highest BCUT2D eigenvalue weighted by atomic mass is 79.9. The van der Waals surface area contributed by atoms with Crippen molar-refractivity contribution < 1.29 is 4.79 Å². The van der Waals surface area contributed by atoms with E-state index in [0.29, 0.717) is 23.4 Å². The standard InChI is InChI=1S/C10H13BrN4O/c11-9-6-13-8(5-14-9)10(16)15-3-1-7(12)2-4-15/h5-7H,1-4,12H2. The Bertz CT molecular complexity index is 373. The van der Waals surface area contributed by atoms with Gasteiger partial charge in [0.05, 0.1) is 12.4 Å². The summed E-state index contributed by atoms with van der Waals surface area (Å²) in [5, 5.41) is 0. The average Bonchev–Trinajstić information content (AvgIpc) is 2.30. The molecule has 0 saturated carbocycles. The van der Waals surface area contributed by atoms with Gasteiger partial charge in [-0.25, -0.2) is 9.97 Å². The Morgan fingerprint density at radius 2 is 2.06 bits per heavy atom. The number of aromatic nitrogens is 2. The van der Waals surface area contributed by atoms with E-state index in [4.69, 9.17) is 5.73 Å². The van der Waals surface area contributed by atoms with Crippen molar-refractivity contribution in [2.24, 2.45) is 5.73 Å². The summed E-state index contributed by atoms with van der Waals surface area (Å²) in [6.45, 7) is 1.41. The van der Waals surface area contributed by atoms with Gasteiger partial charge in [0, 0.05) is 19.1 Å². The monoisotopic (exact) mass is 284 g/mol. The van der Waals surface area contributed by atoms with Crippen molar-refractivity contribution in [3.8, 4) is 0 Å². The van der Waals surface area contributed by atoms with Gasteiger partial charge in [-0.2, -0.15) is 0 Å². The number of hydrogen-bond acceptors (Lipinski definition) is 4. The van der Waals surface area contributed by atoms with Gasteiger partial charge in [-0.05, 0) is 28.8 Å². The molecule has 1 saturated heterocycles. The van der Waals surface area contributed by atoms with Gasteiger partial charge in [0.15, 0.2) is 0 Å². The van der Waals surface area contributed by atoms with E-state index in [0.717, 1.165) is 12.8 Å². The molecule has 1 aromatic rings. The van der Waals surface area contributed by atoms with Crippen LogP contribution in [0.1, 0.15) is 23.3 Å². The van der Waals surface area contributed by atoms with E-state index < -0.39 is 0 Å². The molecule has 2 N–H and O–H groups in total. The molecule has 0 atom stereocenters. The zero-order chi connectivity index (χ0) is 11.5. The van der Waals surface area contributed by atoms with E-state index in [2.05, 4.69) is 25.9 Å². The summed E-state index contributed by atoms with van der Waals surface area (Å²) in [6.07, 6.45) is 4.73. The first-order valence-corrected chi connectivity index (χ1v) is 5.98. The van der Waals surface area contributed by atoms with Gasteiger partial charge in [0.2, 0.25) is 0 Å². The van der Waals surface area contributed by atoms with Crippen LogP contribution in [0, 0.1) is 0 Å². The van der Waals surface area contributed by atoms with Crippen LogP contribution in [0.3, 0.4) is 0 Å². The van der Waals surface area contributed by atoms with E-state index in [1.54, 1.807) is 4.90 Å². The lowest BCUT2D eigenvalue weighted by atomic mass is 10.1. The molecule has 0 bridgehead atoms. The van der Waals surface area contributed by atoms with E-state index in [9.17, 15) is 4.79 Å². The molecule has 1 aromatic heterocycles. The predicted octanol–water partition coefficient (Wildman–Crippen LogP) is 0.802. The van der Waals surface area contributed by atoms with E-state index in [1.165, 1.54) is 12.4 Å². The minimum atomic E-state index is -0.0631. The molecule has 16 heavy (non-hydrogen) atoms. The lowest BCUT2D eigenvalue weighted by Crippen LogP contribution is -2.43. The zero-order valence-corrected chi connectivity index (χ0v) is 10.4. The molecule has 1 amide bonds. The third-order valence-corrected chi connectivity index (χ3v) is 3.08. The van der Waals surface area contributed by atoms with Crippen LogP contribution in [-0.4, -0.2) is 39.9 Å². The second kappa shape index (κ2) is 4.88. The van der Waals surface area contributed by atoms with Crippen LogP contribution < -0.4 is 5.73 Å². The summed E-state index contributed by atoms with van der Waals surface area (Å²) >= 11 is 3.18. The number of likely N-dealkylation sites (tertiary alicyclic amines) is 1. The van der Waals surface area contributed by atoms with Crippen molar-refractivity contribution in [3.05, 3.63) is 22.7 Å². The van der Waals surface area contributed by atoms with Crippen LogP contribution in [0.5, 0.6) is 0 Å². The number of amides is 1. The third kappa shape index (κ3) is 2.56. The minimum Gasteiger partial charge on any atom is -0.337 e. The Morgan fingerprint density at radius 1 is 1.38 bits per heavy atom. The molecule has 5 nitrogen and oxygen atoms in total. The molecule has 2 rings (SSSR count). The number of hydrogen-bond donors (Lipinski definition) is 1. The first kappa shape index (κ1) is 11.5. The smallest absolute Gasteiger partial charge is 0.274 e. The Labute approximate surface area is 102 Å². The molecule has 0 spiro atoms. The van der Waals surface area contributed by atoms with Gasteiger partial charge in [-0.15, -0.1) is 0 Å². The minimum absolute atomic E-state index is 0.0631. The molecule has 0 radical (unpaired) electrons. The summed E-state index contributed by atoms with van der Waals surface area (Å²) < 4.78 is 0.629. The van der Waals surface area contributed by atoms with Gasteiger partial charge in [0.25, 0.3) is 5.91 Å². The van der Waals surface area contributed by atoms with Gasteiger partial charge in [0.1, 0.15) is 10.3 Å². The van der Waals surface area contributed by atoms with Gasteiger partial charge < -0.3 is 10.6 Å². The lowest BCUT2D eigenvalue weighted by Gasteiger charge is -2.29. The highest BCUT2D eigenvalue weighted by Crippen LogP contribution is 2.12. The fourth-order valence-electron chi connectivity index (χ4n) is 1.69. The molecule has 86 valence electrons. The topological polar surface area (TPSA) is 72.1 Å². The Kier molecular flexibility index (Phi) is 3.50. The molecule has 1 aliphatic rings. The number of carbonyl (C=O) groups is 1. The van der Waals surface area contributed by atoms with E-state index >= 15 is 0 Å².